The van der Waals surface area contributed by atoms with Gasteiger partial charge in [0.1, 0.15) is 24.6 Å². The van der Waals surface area contributed by atoms with Crippen molar-refractivity contribution in [3.8, 4) is 5.75 Å². The smallest absolute Gasteiger partial charge is 0.173 e. The van der Waals surface area contributed by atoms with Gasteiger partial charge in [0.25, 0.3) is 0 Å². The zero-order valence-corrected chi connectivity index (χ0v) is 21.3. The summed E-state index contributed by atoms with van der Waals surface area (Å²) in [6.07, 6.45) is 5.29. The van der Waals surface area contributed by atoms with E-state index in [9.17, 15) is 4.79 Å². The first-order valence-electron chi connectivity index (χ1n) is 12.4. The Bertz CT molecular complexity index is 1590. The molecule has 5 rings (SSSR count). The van der Waals surface area contributed by atoms with Crippen molar-refractivity contribution in [2.75, 3.05) is 11.9 Å². The Hall–Kier alpha value is -4.85. The molecule has 0 atom stereocenters. The Labute approximate surface area is 221 Å². The second kappa shape index (κ2) is 11.5. The predicted octanol–water partition coefficient (Wildman–Crippen LogP) is 5.45. The zero-order valence-electron chi connectivity index (χ0n) is 21.3. The summed E-state index contributed by atoms with van der Waals surface area (Å²) in [6.45, 7) is 4.74. The molecule has 0 amide bonds. The number of aryl methyl sites for hydroxylation is 2. The maximum Gasteiger partial charge on any atom is 0.173 e. The van der Waals surface area contributed by atoms with Crippen LogP contribution in [-0.2, 0) is 17.9 Å². The number of pyridine rings is 1. The summed E-state index contributed by atoms with van der Waals surface area (Å²) in [5, 5.41) is 12.4. The molecule has 8 heteroatoms. The molecule has 3 aromatic carbocycles. The fourth-order valence-corrected chi connectivity index (χ4v) is 3.86. The van der Waals surface area contributed by atoms with E-state index >= 15 is 0 Å². The molecule has 190 valence electrons. The number of nitrogens with one attached hydrogen (secondary N) is 1. The van der Waals surface area contributed by atoms with Crippen LogP contribution in [0.15, 0.2) is 90.2 Å². The first-order chi connectivity index (χ1) is 18.5. The van der Waals surface area contributed by atoms with Gasteiger partial charge < -0.3 is 10.1 Å². The van der Waals surface area contributed by atoms with Crippen LogP contribution in [0.5, 0.6) is 5.75 Å². The van der Waals surface area contributed by atoms with Crippen molar-refractivity contribution in [1.82, 2.24) is 20.0 Å². The van der Waals surface area contributed by atoms with E-state index < -0.39 is 0 Å². The van der Waals surface area contributed by atoms with E-state index in [1.807, 2.05) is 72.8 Å². The van der Waals surface area contributed by atoms with Gasteiger partial charge >= 0.3 is 0 Å². The number of hydrogen-bond donors (Lipinski definition) is 1. The molecule has 0 spiro atoms. The molecule has 38 heavy (non-hydrogen) atoms. The number of ketones is 1. The molecule has 0 bridgehead atoms. The summed E-state index contributed by atoms with van der Waals surface area (Å²) in [5.74, 6) is 0.718. The standard InChI is InChI=1S/C30H28N6O2/c1-21-7-10-25(13-22(21)2)32-17-28(37)19-36-18-27(34-35-36)20-38-29-11-8-23(9-12-29)15-31-26-14-24-5-3-4-6-30(24)33-16-26/h3-16,18,32H,17,19-20H2,1-2H3. The van der Waals surface area contributed by atoms with E-state index in [1.165, 1.54) is 15.8 Å². The lowest BCUT2D eigenvalue weighted by Crippen LogP contribution is -2.19. The van der Waals surface area contributed by atoms with E-state index in [2.05, 4.69) is 39.5 Å². The maximum absolute atomic E-state index is 12.4. The first kappa shape index (κ1) is 24.8. The molecule has 0 radical (unpaired) electrons. The van der Waals surface area contributed by atoms with Crippen LogP contribution in [0.1, 0.15) is 22.4 Å². The molecule has 5 aromatic rings. The molecular formula is C30H28N6O2. The lowest BCUT2D eigenvalue weighted by atomic mass is 10.1. The largest absolute Gasteiger partial charge is 0.487 e. The predicted molar refractivity (Wildman–Crippen MR) is 149 cm³/mol. The number of aliphatic imine (C=N–C) groups is 1. The van der Waals surface area contributed by atoms with Crippen molar-refractivity contribution in [2.45, 2.75) is 27.0 Å². The fraction of sp³-hybridized carbons (Fsp3) is 0.167. The Morgan fingerprint density at radius 2 is 1.87 bits per heavy atom. The molecule has 0 unspecified atom stereocenters. The Morgan fingerprint density at radius 3 is 2.71 bits per heavy atom. The lowest BCUT2D eigenvalue weighted by molar-refractivity contribution is -0.118. The molecule has 0 aliphatic heterocycles. The van der Waals surface area contributed by atoms with Crippen LogP contribution >= 0.6 is 0 Å². The van der Waals surface area contributed by atoms with E-state index in [0.29, 0.717) is 11.4 Å². The number of fused-ring (bicyclic) bond motifs is 1. The average Bonchev–Trinajstić information content (AvgIpc) is 3.39. The second-order valence-electron chi connectivity index (χ2n) is 9.10. The van der Waals surface area contributed by atoms with E-state index in [0.717, 1.165) is 27.8 Å². The second-order valence-corrected chi connectivity index (χ2v) is 9.10. The summed E-state index contributed by atoms with van der Waals surface area (Å²) in [6, 6.07) is 23.7. The molecular weight excluding hydrogens is 476 g/mol. The highest BCUT2D eigenvalue weighted by Crippen LogP contribution is 2.19. The molecule has 0 saturated carbocycles. The molecule has 1 N–H and O–H groups in total. The SMILES string of the molecule is Cc1ccc(NCC(=O)Cn2cc(COc3ccc(C=Nc4cnc5ccccc5c4)cc3)nn2)cc1C. The zero-order chi connectivity index (χ0) is 26.3. The van der Waals surface area contributed by atoms with Crippen molar-refractivity contribution in [1.29, 1.82) is 0 Å². The lowest BCUT2D eigenvalue weighted by Gasteiger charge is -2.08. The summed E-state index contributed by atoms with van der Waals surface area (Å²) in [4.78, 5) is 21.3. The van der Waals surface area contributed by atoms with Gasteiger partial charge in [-0.15, -0.1) is 5.10 Å². The molecule has 0 aliphatic carbocycles. The highest BCUT2D eigenvalue weighted by molar-refractivity contribution is 5.85. The van der Waals surface area contributed by atoms with Gasteiger partial charge in [0, 0.05) is 17.3 Å². The number of anilines is 1. The summed E-state index contributed by atoms with van der Waals surface area (Å²) < 4.78 is 7.37. The quantitative estimate of drug-likeness (QED) is 0.254. The maximum atomic E-state index is 12.4. The number of nitrogens with zero attached hydrogens (tertiary/aromatic N) is 5. The third kappa shape index (κ3) is 6.47. The van der Waals surface area contributed by atoms with Gasteiger partial charge in [0.15, 0.2) is 5.78 Å². The van der Waals surface area contributed by atoms with Crippen molar-refractivity contribution in [3.05, 3.63) is 108 Å². The fourth-order valence-electron chi connectivity index (χ4n) is 3.86. The van der Waals surface area contributed by atoms with Crippen molar-refractivity contribution in [2.24, 2.45) is 4.99 Å². The number of rotatable bonds is 10. The van der Waals surface area contributed by atoms with Gasteiger partial charge in [-0.1, -0.05) is 29.5 Å². The number of para-hydroxylation sites is 1. The van der Waals surface area contributed by atoms with Crippen LogP contribution in [0.25, 0.3) is 10.9 Å². The number of Topliss-reactive ketones (excluding diaryl/α,β-unsaturated/α-hetero) is 1. The Kier molecular flexibility index (Phi) is 7.49. The first-order valence-corrected chi connectivity index (χ1v) is 12.4. The average molecular weight is 505 g/mol. The van der Waals surface area contributed by atoms with E-state index in [-0.39, 0.29) is 25.5 Å². The molecule has 0 aliphatic rings. The highest BCUT2D eigenvalue weighted by Gasteiger charge is 2.08. The minimum atomic E-state index is 0.0114. The van der Waals surface area contributed by atoms with Gasteiger partial charge in [0.2, 0.25) is 0 Å². The van der Waals surface area contributed by atoms with Crippen LogP contribution in [-0.4, -0.2) is 38.5 Å². The third-order valence-electron chi connectivity index (χ3n) is 6.13. The number of hydrogen-bond acceptors (Lipinski definition) is 7. The van der Waals surface area contributed by atoms with Crippen LogP contribution in [0.2, 0.25) is 0 Å². The number of carbonyl (C=O) groups excluding carboxylic acids is 1. The van der Waals surface area contributed by atoms with E-state index in [4.69, 9.17) is 4.74 Å². The topological polar surface area (TPSA) is 94.3 Å². The summed E-state index contributed by atoms with van der Waals surface area (Å²) in [5.41, 5.74) is 6.68. The molecule has 0 fully saturated rings. The monoisotopic (exact) mass is 504 g/mol. The van der Waals surface area contributed by atoms with Crippen molar-refractivity contribution < 1.29 is 9.53 Å². The van der Waals surface area contributed by atoms with Gasteiger partial charge in [-0.2, -0.15) is 0 Å². The van der Waals surface area contributed by atoms with Crippen LogP contribution in [0.4, 0.5) is 11.4 Å². The van der Waals surface area contributed by atoms with Gasteiger partial charge in [-0.3, -0.25) is 14.8 Å². The van der Waals surface area contributed by atoms with E-state index in [1.54, 1.807) is 18.6 Å². The summed E-state index contributed by atoms with van der Waals surface area (Å²) in [7, 11) is 0. The number of carbonyl (C=O) groups is 1. The van der Waals surface area contributed by atoms with Gasteiger partial charge in [-0.25, -0.2) is 4.68 Å². The van der Waals surface area contributed by atoms with Gasteiger partial charge in [0.05, 0.1) is 30.1 Å². The van der Waals surface area contributed by atoms with Crippen molar-refractivity contribution in [3.63, 3.8) is 0 Å². The van der Waals surface area contributed by atoms with Crippen LogP contribution in [0, 0.1) is 13.8 Å². The highest BCUT2D eigenvalue weighted by atomic mass is 16.5. The molecule has 8 nitrogen and oxygen atoms in total. The normalized spacial score (nSPS) is 11.2. The van der Waals surface area contributed by atoms with Gasteiger partial charge in [-0.05, 0) is 79.1 Å². The summed E-state index contributed by atoms with van der Waals surface area (Å²) >= 11 is 0. The van der Waals surface area contributed by atoms with Crippen molar-refractivity contribution >= 4 is 34.3 Å². The minimum Gasteiger partial charge on any atom is -0.487 e. The Balaban J connectivity index is 1.09. The van der Waals surface area contributed by atoms with Crippen LogP contribution < -0.4 is 10.1 Å². The minimum absolute atomic E-state index is 0.0114. The number of ether oxygens (including phenoxy) is 1. The molecule has 0 saturated heterocycles. The van der Waals surface area contributed by atoms with Crippen LogP contribution in [0.3, 0.4) is 0 Å². The third-order valence-corrected chi connectivity index (χ3v) is 6.13. The molecule has 2 heterocycles. The number of benzene rings is 3. The number of aromatic nitrogens is 4. The molecule has 2 aromatic heterocycles. The Morgan fingerprint density at radius 1 is 1.03 bits per heavy atom.